The molecule has 0 saturated carbocycles. The number of amides is 2. The van der Waals surface area contributed by atoms with E-state index in [9.17, 15) is 14.0 Å². The summed E-state index contributed by atoms with van der Waals surface area (Å²) in [4.78, 5) is 32.0. The van der Waals surface area contributed by atoms with Crippen LogP contribution in [0.2, 0.25) is 0 Å². The summed E-state index contributed by atoms with van der Waals surface area (Å²) in [5, 5.41) is 3.17. The summed E-state index contributed by atoms with van der Waals surface area (Å²) in [6, 6.07) is 14.5. The Hall–Kier alpha value is -3.52. The molecule has 0 aliphatic carbocycles. The molecule has 1 N–H and O–H groups in total. The molecular formula is C22H16FN3O3S. The molecule has 2 amide bonds. The van der Waals surface area contributed by atoms with Gasteiger partial charge in [-0.2, -0.15) is 0 Å². The van der Waals surface area contributed by atoms with Crippen LogP contribution in [0, 0.1) is 5.82 Å². The SMILES string of the molecule is O=C(Nc1nc2ccc(F)cc2s1)C1Cc2ccccc2CN1C(=O)c1ccco1. The van der Waals surface area contributed by atoms with Crippen molar-refractivity contribution in [1.29, 1.82) is 0 Å². The van der Waals surface area contributed by atoms with E-state index in [-0.39, 0.29) is 23.4 Å². The van der Waals surface area contributed by atoms with E-state index in [1.807, 2.05) is 24.3 Å². The highest BCUT2D eigenvalue weighted by Gasteiger charge is 2.36. The fourth-order valence-corrected chi connectivity index (χ4v) is 4.55. The summed E-state index contributed by atoms with van der Waals surface area (Å²) in [6.45, 7) is 0.304. The lowest BCUT2D eigenvalue weighted by Crippen LogP contribution is -2.50. The van der Waals surface area contributed by atoms with Gasteiger partial charge in [-0.25, -0.2) is 9.37 Å². The van der Waals surface area contributed by atoms with Crippen molar-refractivity contribution in [3.63, 3.8) is 0 Å². The number of benzene rings is 2. The van der Waals surface area contributed by atoms with Gasteiger partial charge in [0.25, 0.3) is 5.91 Å². The van der Waals surface area contributed by atoms with Crippen molar-refractivity contribution in [3.05, 3.63) is 83.6 Å². The second-order valence-electron chi connectivity index (χ2n) is 7.02. The van der Waals surface area contributed by atoms with Crippen molar-refractivity contribution in [2.45, 2.75) is 19.0 Å². The number of rotatable bonds is 3. The summed E-state index contributed by atoms with van der Waals surface area (Å²) in [6.07, 6.45) is 1.81. The number of thiazole rings is 1. The highest BCUT2D eigenvalue weighted by atomic mass is 32.1. The molecule has 0 spiro atoms. The predicted molar refractivity (Wildman–Crippen MR) is 111 cm³/mol. The Morgan fingerprint density at radius 1 is 1.13 bits per heavy atom. The molecule has 8 heteroatoms. The molecule has 3 heterocycles. The molecule has 1 atom stereocenters. The zero-order chi connectivity index (χ0) is 20.7. The van der Waals surface area contributed by atoms with Crippen molar-refractivity contribution in [1.82, 2.24) is 9.88 Å². The van der Waals surface area contributed by atoms with Crippen LogP contribution in [0.15, 0.2) is 65.3 Å². The number of fused-ring (bicyclic) bond motifs is 2. The van der Waals surface area contributed by atoms with Crippen molar-refractivity contribution in [2.24, 2.45) is 0 Å². The number of halogens is 1. The van der Waals surface area contributed by atoms with Crippen LogP contribution in [0.1, 0.15) is 21.7 Å². The van der Waals surface area contributed by atoms with Crippen molar-refractivity contribution >= 4 is 38.5 Å². The Balaban J connectivity index is 1.45. The van der Waals surface area contributed by atoms with Gasteiger partial charge in [0.1, 0.15) is 11.9 Å². The number of nitrogens with zero attached hydrogens (tertiary/aromatic N) is 2. The van der Waals surface area contributed by atoms with E-state index in [0.717, 1.165) is 11.1 Å². The van der Waals surface area contributed by atoms with Gasteiger partial charge in [-0.05, 0) is 41.5 Å². The van der Waals surface area contributed by atoms with Gasteiger partial charge in [0, 0.05) is 13.0 Å². The number of hydrogen-bond donors (Lipinski definition) is 1. The Kier molecular flexibility index (Phi) is 4.55. The van der Waals surface area contributed by atoms with E-state index in [1.54, 1.807) is 18.2 Å². The molecule has 1 aliphatic heterocycles. The molecule has 1 aliphatic rings. The van der Waals surface area contributed by atoms with Gasteiger partial charge in [0.2, 0.25) is 5.91 Å². The first-order valence-electron chi connectivity index (χ1n) is 9.37. The summed E-state index contributed by atoms with van der Waals surface area (Å²) >= 11 is 1.19. The van der Waals surface area contributed by atoms with Gasteiger partial charge in [0.05, 0.1) is 16.5 Å². The number of hydrogen-bond acceptors (Lipinski definition) is 5. The molecule has 4 aromatic rings. The molecule has 0 saturated heterocycles. The smallest absolute Gasteiger partial charge is 0.290 e. The van der Waals surface area contributed by atoms with Crippen LogP contribution in [0.25, 0.3) is 10.2 Å². The third-order valence-corrected chi connectivity index (χ3v) is 6.06. The quantitative estimate of drug-likeness (QED) is 0.537. The topological polar surface area (TPSA) is 75.4 Å². The van der Waals surface area contributed by atoms with Crippen molar-refractivity contribution in [2.75, 3.05) is 5.32 Å². The minimum Gasteiger partial charge on any atom is -0.459 e. The minimum atomic E-state index is -0.721. The van der Waals surface area contributed by atoms with Crippen LogP contribution in [0.4, 0.5) is 9.52 Å². The van der Waals surface area contributed by atoms with E-state index < -0.39 is 6.04 Å². The van der Waals surface area contributed by atoms with E-state index in [1.165, 1.54) is 34.6 Å². The lowest BCUT2D eigenvalue weighted by Gasteiger charge is -2.35. The number of furan rings is 1. The third kappa shape index (κ3) is 3.35. The molecule has 1 unspecified atom stereocenters. The number of aromatic nitrogens is 1. The Morgan fingerprint density at radius 2 is 1.97 bits per heavy atom. The van der Waals surface area contributed by atoms with E-state index >= 15 is 0 Å². The van der Waals surface area contributed by atoms with Crippen LogP contribution in [0.5, 0.6) is 0 Å². The molecule has 5 rings (SSSR count). The molecule has 2 aromatic heterocycles. The van der Waals surface area contributed by atoms with Crippen LogP contribution in [-0.2, 0) is 17.8 Å². The average molecular weight is 421 g/mol. The third-order valence-electron chi connectivity index (χ3n) is 5.12. The molecule has 0 fully saturated rings. The normalized spacial score (nSPS) is 15.8. The van der Waals surface area contributed by atoms with E-state index in [0.29, 0.717) is 28.3 Å². The van der Waals surface area contributed by atoms with Gasteiger partial charge in [-0.1, -0.05) is 35.6 Å². The van der Waals surface area contributed by atoms with Crippen LogP contribution in [-0.4, -0.2) is 27.7 Å². The predicted octanol–water partition coefficient (Wildman–Crippen LogP) is 4.23. The number of nitrogens with one attached hydrogen (secondary N) is 1. The second kappa shape index (κ2) is 7.38. The van der Waals surface area contributed by atoms with Crippen LogP contribution in [0.3, 0.4) is 0 Å². The number of carbonyl (C=O) groups is 2. The summed E-state index contributed by atoms with van der Waals surface area (Å²) in [7, 11) is 0. The standard InChI is InChI=1S/C22H16FN3O3S/c23-15-7-8-16-19(11-15)30-22(24-16)25-20(27)17-10-13-4-1-2-5-14(13)12-26(17)21(28)18-6-3-9-29-18/h1-9,11,17H,10,12H2,(H,24,25,27). The average Bonchev–Trinajstić information content (AvgIpc) is 3.41. The zero-order valence-corrected chi connectivity index (χ0v) is 16.5. The summed E-state index contributed by atoms with van der Waals surface area (Å²) in [5.74, 6) is -0.865. The molecular weight excluding hydrogens is 405 g/mol. The Morgan fingerprint density at radius 3 is 2.77 bits per heavy atom. The molecule has 6 nitrogen and oxygen atoms in total. The van der Waals surface area contributed by atoms with Crippen LogP contribution >= 0.6 is 11.3 Å². The largest absolute Gasteiger partial charge is 0.459 e. The lowest BCUT2D eigenvalue weighted by atomic mass is 9.93. The van der Waals surface area contributed by atoms with Crippen LogP contribution < -0.4 is 5.32 Å². The molecule has 0 bridgehead atoms. The van der Waals surface area contributed by atoms with Crippen molar-refractivity contribution < 1.29 is 18.4 Å². The highest BCUT2D eigenvalue weighted by Crippen LogP contribution is 2.29. The van der Waals surface area contributed by atoms with E-state index in [4.69, 9.17) is 4.42 Å². The van der Waals surface area contributed by atoms with Gasteiger partial charge in [0.15, 0.2) is 10.9 Å². The second-order valence-corrected chi connectivity index (χ2v) is 8.05. The maximum Gasteiger partial charge on any atom is 0.290 e. The fraction of sp³-hybridized carbons (Fsp3) is 0.136. The Labute approximate surface area is 174 Å². The lowest BCUT2D eigenvalue weighted by molar-refractivity contribution is -0.121. The minimum absolute atomic E-state index is 0.183. The highest BCUT2D eigenvalue weighted by molar-refractivity contribution is 7.22. The summed E-state index contributed by atoms with van der Waals surface area (Å²) in [5.41, 5.74) is 2.62. The van der Waals surface area contributed by atoms with Gasteiger partial charge in [-0.3, -0.25) is 9.59 Å². The maximum absolute atomic E-state index is 13.5. The fourth-order valence-electron chi connectivity index (χ4n) is 3.65. The molecule has 0 radical (unpaired) electrons. The monoisotopic (exact) mass is 421 g/mol. The molecule has 2 aromatic carbocycles. The first kappa shape index (κ1) is 18.5. The molecule has 150 valence electrons. The first-order chi connectivity index (χ1) is 14.6. The van der Waals surface area contributed by atoms with Gasteiger partial charge in [-0.15, -0.1) is 0 Å². The number of anilines is 1. The molecule has 30 heavy (non-hydrogen) atoms. The maximum atomic E-state index is 13.5. The first-order valence-corrected chi connectivity index (χ1v) is 10.2. The number of carbonyl (C=O) groups excluding carboxylic acids is 2. The van der Waals surface area contributed by atoms with E-state index in [2.05, 4.69) is 10.3 Å². The Bertz CT molecular complexity index is 1250. The summed E-state index contributed by atoms with van der Waals surface area (Å²) < 4.78 is 19.4. The van der Waals surface area contributed by atoms with Gasteiger partial charge < -0.3 is 14.6 Å². The van der Waals surface area contributed by atoms with Gasteiger partial charge >= 0.3 is 0 Å². The zero-order valence-electron chi connectivity index (χ0n) is 15.7. The van der Waals surface area contributed by atoms with Crippen molar-refractivity contribution in [3.8, 4) is 0 Å².